The highest BCUT2D eigenvalue weighted by molar-refractivity contribution is 5.85. The Morgan fingerprint density at radius 3 is 2.85 bits per heavy atom. The third-order valence-corrected chi connectivity index (χ3v) is 4.02. The minimum atomic E-state index is -1.20. The zero-order valence-corrected chi connectivity index (χ0v) is 12.1. The average Bonchev–Trinajstić information content (AvgIpc) is 2.64. The van der Waals surface area contributed by atoms with Crippen molar-refractivity contribution in [2.75, 3.05) is 6.54 Å². The quantitative estimate of drug-likeness (QED) is 0.885. The van der Waals surface area contributed by atoms with E-state index in [1.54, 1.807) is 13.8 Å². The number of rotatable bonds is 2. The molecule has 1 aliphatic rings. The lowest BCUT2D eigenvalue weighted by molar-refractivity contribution is 0.0853. The number of nitrogens with zero attached hydrogens (tertiary/aromatic N) is 1. The van der Waals surface area contributed by atoms with Crippen LogP contribution in [0.1, 0.15) is 32.0 Å². The van der Waals surface area contributed by atoms with Gasteiger partial charge in [-0.1, -0.05) is 0 Å². The first-order chi connectivity index (χ1) is 9.33. The SMILES string of the molecule is CC1Cc2c([nH]c3cc(F)ccc23)CN1CC(C)(C)F. The number of fused-ring (bicyclic) bond motifs is 3. The summed E-state index contributed by atoms with van der Waals surface area (Å²) in [5.74, 6) is -0.231. The van der Waals surface area contributed by atoms with Gasteiger partial charge < -0.3 is 4.98 Å². The summed E-state index contributed by atoms with van der Waals surface area (Å²) in [5, 5.41) is 1.09. The first kappa shape index (κ1) is 13.6. The maximum atomic E-state index is 13.9. The standard InChI is InChI=1S/C16H20F2N2/c1-10-6-13-12-5-4-11(17)7-14(12)19-15(13)8-20(10)9-16(2,3)18/h4-5,7,10,19H,6,8-9H2,1-3H3. The van der Waals surface area contributed by atoms with Crippen molar-refractivity contribution >= 4 is 10.9 Å². The van der Waals surface area contributed by atoms with E-state index in [2.05, 4.69) is 16.8 Å². The summed E-state index contributed by atoms with van der Waals surface area (Å²) in [7, 11) is 0. The predicted molar refractivity (Wildman–Crippen MR) is 77.0 cm³/mol. The van der Waals surface area contributed by atoms with E-state index in [4.69, 9.17) is 0 Å². The Morgan fingerprint density at radius 2 is 2.15 bits per heavy atom. The molecule has 2 aromatic rings. The molecule has 0 saturated carbocycles. The van der Waals surface area contributed by atoms with E-state index in [9.17, 15) is 8.78 Å². The maximum absolute atomic E-state index is 13.9. The van der Waals surface area contributed by atoms with Crippen molar-refractivity contribution in [2.45, 2.75) is 45.4 Å². The Bertz CT molecular complexity index is 640. The van der Waals surface area contributed by atoms with Gasteiger partial charge >= 0.3 is 0 Å². The summed E-state index contributed by atoms with van der Waals surface area (Å²) in [5.41, 5.74) is 1.97. The van der Waals surface area contributed by atoms with Crippen molar-refractivity contribution in [1.82, 2.24) is 9.88 Å². The van der Waals surface area contributed by atoms with Crippen LogP contribution in [0.25, 0.3) is 10.9 Å². The van der Waals surface area contributed by atoms with Crippen LogP contribution in [0.2, 0.25) is 0 Å². The van der Waals surface area contributed by atoms with Crippen molar-refractivity contribution in [3.63, 3.8) is 0 Å². The van der Waals surface area contributed by atoms with E-state index < -0.39 is 5.67 Å². The van der Waals surface area contributed by atoms with Crippen LogP contribution in [0.3, 0.4) is 0 Å². The summed E-state index contributed by atoms with van der Waals surface area (Å²) in [6.45, 7) is 6.44. The molecular weight excluding hydrogens is 258 g/mol. The van der Waals surface area contributed by atoms with Crippen molar-refractivity contribution in [2.24, 2.45) is 0 Å². The lowest BCUT2D eigenvalue weighted by Crippen LogP contribution is -2.44. The number of benzene rings is 1. The molecule has 0 aliphatic carbocycles. The Labute approximate surface area is 117 Å². The van der Waals surface area contributed by atoms with E-state index >= 15 is 0 Å². The third kappa shape index (κ3) is 2.44. The normalized spacial score (nSPS) is 20.4. The number of nitrogens with one attached hydrogen (secondary N) is 1. The Morgan fingerprint density at radius 1 is 1.40 bits per heavy atom. The molecule has 1 aromatic carbocycles. The average molecular weight is 278 g/mol. The minimum absolute atomic E-state index is 0.231. The Kier molecular flexibility index (Phi) is 3.09. The Balaban J connectivity index is 1.96. The van der Waals surface area contributed by atoms with Crippen LogP contribution in [0.15, 0.2) is 18.2 Å². The van der Waals surface area contributed by atoms with Crippen molar-refractivity contribution in [1.29, 1.82) is 0 Å². The highest BCUT2D eigenvalue weighted by Crippen LogP contribution is 2.31. The Hall–Kier alpha value is -1.42. The van der Waals surface area contributed by atoms with Crippen LogP contribution in [-0.2, 0) is 13.0 Å². The molecule has 0 bridgehead atoms. The molecule has 0 radical (unpaired) electrons. The van der Waals surface area contributed by atoms with Gasteiger partial charge in [0, 0.05) is 35.7 Å². The van der Waals surface area contributed by atoms with Gasteiger partial charge in [0.2, 0.25) is 0 Å². The number of alkyl halides is 1. The summed E-state index contributed by atoms with van der Waals surface area (Å²) >= 11 is 0. The molecule has 1 N–H and O–H groups in total. The van der Waals surface area contributed by atoms with Crippen LogP contribution in [0, 0.1) is 5.82 Å². The summed E-state index contributed by atoms with van der Waals surface area (Å²) < 4.78 is 27.2. The molecule has 0 fully saturated rings. The molecule has 4 heteroatoms. The smallest absolute Gasteiger partial charge is 0.125 e. The van der Waals surface area contributed by atoms with Crippen molar-refractivity contribution in [3.05, 3.63) is 35.3 Å². The molecule has 1 unspecified atom stereocenters. The second kappa shape index (κ2) is 4.55. The number of hydrogen-bond acceptors (Lipinski definition) is 1. The van der Waals surface area contributed by atoms with E-state index in [0.29, 0.717) is 19.1 Å². The van der Waals surface area contributed by atoms with Crippen LogP contribution in [0.4, 0.5) is 8.78 Å². The second-order valence-electron chi connectivity index (χ2n) is 6.45. The van der Waals surface area contributed by atoms with Crippen molar-refractivity contribution < 1.29 is 8.78 Å². The first-order valence-corrected chi connectivity index (χ1v) is 7.05. The highest BCUT2D eigenvalue weighted by Gasteiger charge is 2.30. The zero-order valence-electron chi connectivity index (χ0n) is 12.1. The lowest BCUT2D eigenvalue weighted by Gasteiger charge is -2.36. The fourth-order valence-electron chi connectivity index (χ4n) is 3.13. The number of halogens is 2. The van der Waals surface area contributed by atoms with Crippen LogP contribution >= 0.6 is 0 Å². The summed E-state index contributed by atoms with van der Waals surface area (Å²) in [6, 6.07) is 5.16. The van der Waals surface area contributed by atoms with Crippen LogP contribution in [0.5, 0.6) is 0 Å². The van der Waals surface area contributed by atoms with E-state index in [-0.39, 0.29) is 5.82 Å². The molecule has 2 nitrogen and oxygen atoms in total. The highest BCUT2D eigenvalue weighted by atomic mass is 19.1. The largest absolute Gasteiger partial charge is 0.357 e. The van der Waals surface area contributed by atoms with Crippen LogP contribution in [-0.4, -0.2) is 28.1 Å². The third-order valence-electron chi connectivity index (χ3n) is 4.02. The van der Waals surface area contributed by atoms with E-state index in [0.717, 1.165) is 23.0 Å². The molecule has 20 heavy (non-hydrogen) atoms. The zero-order chi connectivity index (χ0) is 14.5. The summed E-state index contributed by atoms with van der Waals surface area (Å²) in [6.07, 6.45) is 0.872. The minimum Gasteiger partial charge on any atom is -0.357 e. The summed E-state index contributed by atoms with van der Waals surface area (Å²) in [4.78, 5) is 5.44. The maximum Gasteiger partial charge on any atom is 0.125 e. The van der Waals surface area contributed by atoms with E-state index in [1.807, 2.05) is 6.07 Å². The molecule has 1 aromatic heterocycles. The van der Waals surface area contributed by atoms with Crippen LogP contribution < -0.4 is 0 Å². The monoisotopic (exact) mass is 278 g/mol. The number of aromatic amines is 1. The fourth-order valence-corrected chi connectivity index (χ4v) is 3.13. The topological polar surface area (TPSA) is 19.0 Å². The number of hydrogen-bond donors (Lipinski definition) is 1. The van der Waals surface area contributed by atoms with Gasteiger partial charge in [-0.3, -0.25) is 4.90 Å². The van der Waals surface area contributed by atoms with Gasteiger partial charge in [0.15, 0.2) is 0 Å². The molecule has 0 spiro atoms. The molecule has 0 saturated heterocycles. The fraction of sp³-hybridized carbons (Fsp3) is 0.500. The molecule has 108 valence electrons. The molecule has 3 rings (SSSR count). The molecular formula is C16H20F2N2. The van der Waals surface area contributed by atoms with E-state index in [1.165, 1.54) is 17.7 Å². The molecule has 1 aliphatic heterocycles. The lowest BCUT2D eigenvalue weighted by atomic mass is 9.96. The number of H-pyrrole nitrogens is 1. The van der Waals surface area contributed by atoms with Gasteiger partial charge in [-0.25, -0.2) is 8.78 Å². The number of aromatic nitrogens is 1. The van der Waals surface area contributed by atoms with Gasteiger partial charge in [-0.05, 0) is 51.0 Å². The van der Waals surface area contributed by atoms with Crippen molar-refractivity contribution in [3.8, 4) is 0 Å². The van der Waals surface area contributed by atoms with Gasteiger partial charge in [0.1, 0.15) is 11.5 Å². The molecule has 1 atom stereocenters. The predicted octanol–water partition coefficient (Wildman–Crippen LogP) is 3.80. The van der Waals surface area contributed by atoms with Gasteiger partial charge in [-0.15, -0.1) is 0 Å². The van der Waals surface area contributed by atoms with Gasteiger partial charge in [0.05, 0.1) is 0 Å². The van der Waals surface area contributed by atoms with Gasteiger partial charge in [0.25, 0.3) is 0 Å². The second-order valence-corrected chi connectivity index (χ2v) is 6.45. The first-order valence-electron chi connectivity index (χ1n) is 7.05. The van der Waals surface area contributed by atoms with Gasteiger partial charge in [-0.2, -0.15) is 0 Å². The molecule has 0 amide bonds. The molecule has 2 heterocycles.